The molecule has 2 heterocycles. The van der Waals surface area contributed by atoms with Gasteiger partial charge < -0.3 is 9.88 Å². The van der Waals surface area contributed by atoms with Crippen molar-refractivity contribution in [3.05, 3.63) is 39.0 Å². The van der Waals surface area contributed by atoms with Gasteiger partial charge in [-0.1, -0.05) is 34.8 Å². The summed E-state index contributed by atoms with van der Waals surface area (Å²) >= 11 is 17.8. The number of hydrogen-bond donors (Lipinski definition) is 1. The molecule has 0 aromatic carbocycles. The first-order valence-corrected chi connectivity index (χ1v) is 6.35. The van der Waals surface area contributed by atoms with Crippen molar-refractivity contribution < 1.29 is 0 Å². The molecule has 0 aliphatic carbocycles. The van der Waals surface area contributed by atoms with Crippen LogP contribution >= 0.6 is 34.8 Å². The number of anilines is 1. The van der Waals surface area contributed by atoms with Crippen molar-refractivity contribution >= 4 is 40.6 Å². The fourth-order valence-corrected chi connectivity index (χ4v) is 2.20. The van der Waals surface area contributed by atoms with Crippen LogP contribution in [0.5, 0.6) is 0 Å². The van der Waals surface area contributed by atoms with Crippen molar-refractivity contribution in [2.24, 2.45) is 7.05 Å². The van der Waals surface area contributed by atoms with E-state index in [1.807, 2.05) is 17.7 Å². The van der Waals surface area contributed by atoms with Gasteiger partial charge in [-0.2, -0.15) is 0 Å². The predicted molar refractivity (Wildman–Crippen MR) is 74.5 cm³/mol. The molecule has 0 saturated heterocycles. The van der Waals surface area contributed by atoms with Crippen molar-refractivity contribution in [2.75, 3.05) is 5.32 Å². The third-order valence-corrected chi connectivity index (χ3v) is 3.51. The molecule has 0 saturated carbocycles. The molecule has 0 aliphatic heterocycles. The van der Waals surface area contributed by atoms with Crippen molar-refractivity contribution in [3.8, 4) is 0 Å². The SMILES string of the molecule is Cc1nc(Cl)cc(NCc2cc(Cl)c(Cl)n2C)n1. The van der Waals surface area contributed by atoms with Gasteiger partial charge in [0.15, 0.2) is 0 Å². The number of nitrogens with zero attached hydrogens (tertiary/aromatic N) is 3. The van der Waals surface area contributed by atoms with Crippen LogP contribution in [0.4, 0.5) is 5.82 Å². The molecule has 7 heteroatoms. The molecule has 0 spiro atoms. The van der Waals surface area contributed by atoms with Crippen molar-refractivity contribution in [1.82, 2.24) is 14.5 Å². The number of nitrogens with one attached hydrogen (secondary N) is 1. The summed E-state index contributed by atoms with van der Waals surface area (Å²) in [6.45, 7) is 2.34. The molecular formula is C11H11Cl3N4. The van der Waals surface area contributed by atoms with E-state index in [9.17, 15) is 0 Å². The molecule has 0 radical (unpaired) electrons. The first-order valence-electron chi connectivity index (χ1n) is 5.22. The van der Waals surface area contributed by atoms with Crippen LogP contribution in [0, 0.1) is 6.92 Å². The molecule has 4 nitrogen and oxygen atoms in total. The quantitative estimate of drug-likeness (QED) is 0.879. The third-order valence-electron chi connectivity index (χ3n) is 2.47. The maximum atomic E-state index is 5.99. The summed E-state index contributed by atoms with van der Waals surface area (Å²) in [6.07, 6.45) is 0. The smallest absolute Gasteiger partial charge is 0.134 e. The summed E-state index contributed by atoms with van der Waals surface area (Å²) in [6, 6.07) is 3.48. The standard InChI is InChI=1S/C11H11Cl3N4/c1-6-16-9(13)4-10(17-6)15-5-7-3-8(12)11(14)18(7)2/h3-4H,5H2,1-2H3,(H,15,16,17). The Morgan fingerprint density at radius 3 is 2.50 bits per heavy atom. The molecule has 0 aliphatic rings. The van der Waals surface area contributed by atoms with Crippen LogP contribution in [0.1, 0.15) is 11.5 Å². The van der Waals surface area contributed by atoms with Crippen LogP contribution < -0.4 is 5.32 Å². The van der Waals surface area contributed by atoms with Gasteiger partial charge in [0.05, 0.1) is 11.6 Å². The number of aryl methyl sites for hydroxylation is 1. The summed E-state index contributed by atoms with van der Waals surface area (Å²) in [5, 5.41) is 4.61. The first kappa shape index (κ1) is 13.5. The molecule has 0 bridgehead atoms. The number of rotatable bonds is 3. The van der Waals surface area contributed by atoms with Gasteiger partial charge in [-0.25, -0.2) is 9.97 Å². The van der Waals surface area contributed by atoms with Gasteiger partial charge in [0, 0.05) is 18.8 Å². The minimum Gasteiger partial charge on any atom is -0.364 e. The Bertz CT molecular complexity index is 560. The van der Waals surface area contributed by atoms with E-state index in [1.54, 1.807) is 13.0 Å². The molecule has 2 aromatic rings. The number of aromatic nitrogens is 3. The van der Waals surface area contributed by atoms with Gasteiger partial charge in [0.25, 0.3) is 0 Å². The van der Waals surface area contributed by atoms with E-state index in [0.717, 1.165) is 5.69 Å². The molecule has 96 valence electrons. The molecule has 2 aromatic heterocycles. The number of halogens is 3. The highest BCUT2D eigenvalue weighted by Gasteiger charge is 2.09. The summed E-state index contributed by atoms with van der Waals surface area (Å²) in [7, 11) is 1.85. The largest absolute Gasteiger partial charge is 0.364 e. The summed E-state index contributed by atoms with van der Waals surface area (Å²) in [5.74, 6) is 1.29. The monoisotopic (exact) mass is 304 g/mol. The average Bonchev–Trinajstić information content (AvgIpc) is 2.53. The van der Waals surface area contributed by atoms with Gasteiger partial charge in [-0.15, -0.1) is 0 Å². The van der Waals surface area contributed by atoms with Gasteiger partial charge >= 0.3 is 0 Å². The normalized spacial score (nSPS) is 10.7. The zero-order valence-electron chi connectivity index (χ0n) is 9.84. The Balaban J connectivity index is 2.13. The Labute approximate surface area is 120 Å². The Kier molecular flexibility index (Phi) is 4.00. The lowest BCUT2D eigenvalue weighted by atomic mass is 10.4. The maximum absolute atomic E-state index is 5.99. The lowest BCUT2D eigenvalue weighted by molar-refractivity contribution is 0.839. The molecular weight excluding hydrogens is 295 g/mol. The van der Waals surface area contributed by atoms with Crippen LogP contribution in [0.2, 0.25) is 15.3 Å². The molecule has 0 fully saturated rings. The van der Waals surface area contributed by atoms with E-state index in [4.69, 9.17) is 34.8 Å². The molecule has 0 amide bonds. The number of hydrogen-bond acceptors (Lipinski definition) is 3. The van der Waals surface area contributed by atoms with E-state index >= 15 is 0 Å². The Hall–Kier alpha value is -0.970. The fraction of sp³-hybridized carbons (Fsp3) is 0.273. The Morgan fingerprint density at radius 2 is 1.94 bits per heavy atom. The fourth-order valence-electron chi connectivity index (χ4n) is 1.56. The molecule has 1 N–H and O–H groups in total. The average molecular weight is 306 g/mol. The van der Waals surface area contributed by atoms with E-state index in [0.29, 0.717) is 33.5 Å². The minimum atomic E-state index is 0.410. The van der Waals surface area contributed by atoms with Gasteiger partial charge in [0.2, 0.25) is 0 Å². The van der Waals surface area contributed by atoms with E-state index < -0.39 is 0 Å². The van der Waals surface area contributed by atoms with E-state index in [1.165, 1.54) is 0 Å². The van der Waals surface area contributed by atoms with Crippen LogP contribution in [0.3, 0.4) is 0 Å². The van der Waals surface area contributed by atoms with E-state index in [2.05, 4.69) is 15.3 Å². The summed E-state index contributed by atoms with van der Waals surface area (Å²) < 4.78 is 1.81. The van der Waals surface area contributed by atoms with Gasteiger partial charge in [0.1, 0.15) is 21.9 Å². The zero-order chi connectivity index (χ0) is 13.3. The van der Waals surface area contributed by atoms with Crippen LogP contribution in [0.25, 0.3) is 0 Å². The van der Waals surface area contributed by atoms with Crippen molar-refractivity contribution in [1.29, 1.82) is 0 Å². The second-order valence-corrected chi connectivity index (χ2v) is 4.96. The second-order valence-electron chi connectivity index (χ2n) is 3.81. The van der Waals surface area contributed by atoms with Gasteiger partial charge in [-0.3, -0.25) is 0 Å². The van der Waals surface area contributed by atoms with Crippen LogP contribution in [0.15, 0.2) is 12.1 Å². The van der Waals surface area contributed by atoms with Crippen molar-refractivity contribution in [2.45, 2.75) is 13.5 Å². The van der Waals surface area contributed by atoms with Crippen molar-refractivity contribution in [3.63, 3.8) is 0 Å². The molecule has 18 heavy (non-hydrogen) atoms. The first-order chi connectivity index (χ1) is 8.47. The lowest BCUT2D eigenvalue weighted by Gasteiger charge is -2.07. The second kappa shape index (κ2) is 5.34. The van der Waals surface area contributed by atoms with Crippen LogP contribution in [-0.4, -0.2) is 14.5 Å². The zero-order valence-corrected chi connectivity index (χ0v) is 12.1. The molecule has 2 rings (SSSR count). The maximum Gasteiger partial charge on any atom is 0.134 e. The minimum absolute atomic E-state index is 0.410. The van der Waals surface area contributed by atoms with Gasteiger partial charge in [-0.05, 0) is 13.0 Å². The third kappa shape index (κ3) is 2.88. The highest BCUT2D eigenvalue weighted by atomic mass is 35.5. The lowest BCUT2D eigenvalue weighted by Crippen LogP contribution is -2.06. The summed E-state index contributed by atoms with van der Waals surface area (Å²) in [4.78, 5) is 8.22. The summed E-state index contributed by atoms with van der Waals surface area (Å²) in [5.41, 5.74) is 0.956. The molecule has 0 atom stereocenters. The Morgan fingerprint density at radius 1 is 1.22 bits per heavy atom. The molecule has 0 unspecified atom stereocenters. The highest BCUT2D eigenvalue weighted by molar-refractivity contribution is 6.41. The van der Waals surface area contributed by atoms with Crippen LogP contribution in [-0.2, 0) is 13.6 Å². The highest BCUT2D eigenvalue weighted by Crippen LogP contribution is 2.25. The predicted octanol–water partition coefficient (Wildman–Crippen LogP) is 3.70. The van der Waals surface area contributed by atoms with E-state index in [-0.39, 0.29) is 0 Å². The topological polar surface area (TPSA) is 42.7 Å².